The predicted octanol–water partition coefficient (Wildman–Crippen LogP) is 0.595. The molecule has 2 aromatic heterocycles. The average molecular weight is 232 g/mol. The summed E-state index contributed by atoms with van der Waals surface area (Å²) in [6, 6.07) is 3.65. The Kier molecular flexibility index (Phi) is 1.82. The highest BCUT2D eigenvalue weighted by Gasteiger charge is 2.33. The van der Waals surface area contributed by atoms with Crippen molar-refractivity contribution in [3.8, 4) is 0 Å². The second kappa shape index (κ2) is 3.21. The molecule has 7 nitrogen and oxygen atoms in total. The largest absolute Gasteiger partial charge is 0.479 e. The number of anilines is 1. The number of aliphatic carboxylic acids is 1. The molecule has 1 unspecified atom stereocenters. The van der Waals surface area contributed by atoms with Gasteiger partial charge in [0, 0.05) is 6.20 Å². The lowest BCUT2D eigenvalue weighted by Crippen LogP contribution is -2.41. The third-order valence-electron chi connectivity index (χ3n) is 2.58. The van der Waals surface area contributed by atoms with E-state index >= 15 is 0 Å². The number of urea groups is 1. The standard InChI is InChI=1S/C10H8N4O3/c15-9(16)7-6-8(13-10(17)12-7)14-4-2-1-3-5(14)11-6/h1-4,7H,(H,15,16)(H2,12,13,17). The summed E-state index contributed by atoms with van der Waals surface area (Å²) in [5, 5.41) is 13.9. The Morgan fingerprint density at radius 1 is 1.47 bits per heavy atom. The Labute approximate surface area is 95.1 Å². The van der Waals surface area contributed by atoms with E-state index in [0.29, 0.717) is 17.2 Å². The maximum Gasteiger partial charge on any atom is 0.332 e. The highest BCUT2D eigenvalue weighted by atomic mass is 16.4. The summed E-state index contributed by atoms with van der Waals surface area (Å²) in [5.41, 5.74) is 0.899. The number of nitrogens with one attached hydrogen (secondary N) is 2. The van der Waals surface area contributed by atoms with Gasteiger partial charge in [-0.25, -0.2) is 14.6 Å². The van der Waals surface area contributed by atoms with Gasteiger partial charge in [-0.2, -0.15) is 0 Å². The van der Waals surface area contributed by atoms with Crippen LogP contribution in [0.1, 0.15) is 11.7 Å². The number of carboxylic acid groups (broad SMARTS) is 1. The number of rotatable bonds is 1. The van der Waals surface area contributed by atoms with Crippen molar-refractivity contribution in [2.24, 2.45) is 0 Å². The monoisotopic (exact) mass is 232 g/mol. The first-order valence-electron chi connectivity index (χ1n) is 4.94. The van der Waals surface area contributed by atoms with Crippen LogP contribution in [0.4, 0.5) is 10.6 Å². The molecule has 1 atom stereocenters. The van der Waals surface area contributed by atoms with Crippen LogP contribution in [0.5, 0.6) is 0 Å². The molecule has 7 heteroatoms. The van der Waals surface area contributed by atoms with Crippen molar-refractivity contribution in [3.05, 3.63) is 30.1 Å². The molecule has 86 valence electrons. The van der Waals surface area contributed by atoms with E-state index in [1.807, 2.05) is 0 Å². The van der Waals surface area contributed by atoms with Crippen molar-refractivity contribution in [3.63, 3.8) is 0 Å². The van der Waals surface area contributed by atoms with E-state index in [4.69, 9.17) is 5.11 Å². The van der Waals surface area contributed by atoms with Gasteiger partial charge in [0.2, 0.25) is 0 Å². The predicted molar refractivity (Wildman–Crippen MR) is 57.7 cm³/mol. The average Bonchev–Trinajstić information content (AvgIpc) is 2.66. The molecule has 17 heavy (non-hydrogen) atoms. The molecule has 0 spiro atoms. The summed E-state index contributed by atoms with van der Waals surface area (Å²) in [6.07, 6.45) is 1.71. The van der Waals surface area contributed by atoms with E-state index < -0.39 is 18.0 Å². The number of carbonyl (C=O) groups excluding carboxylic acids is 1. The number of fused-ring (bicyclic) bond motifs is 3. The number of hydrogen-bond donors (Lipinski definition) is 3. The smallest absolute Gasteiger partial charge is 0.332 e. The van der Waals surface area contributed by atoms with Crippen LogP contribution in [0.2, 0.25) is 0 Å². The molecule has 3 rings (SSSR count). The molecule has 0 aromatic carbocycles. The Hall–Kier alpha value is -2.57. The van der Waals surface area contributed by atoms with Gasteiger partial charge in [0.05, 0.1) is 0 Å². The third kappa shape index (κ3) is 1.32. The van der Waals surface area contributed by atoms with Gasteiger partial charge in [-0.05, 0) is 12.1 Å². The first-order chi connectivity index (χ1) is 8.16. The number of imidazole rings is 1. The molecular formula is C10H8N4O3. The minimum absolute atomic E-state index is 0.309. The Morgan fingerprint density at radius 2 is 2.29 bits per heavy atom. The van der Waals surface area contributed by atoms with E-state index in [1.54, 1.807) is 28.8 Å². The van der Waals surface area contributed by atoms with Crippen LogP contribution < -0.4 is 10.6 Å². The maximum atomic E-state index is 11.4. The minimum Gasteiger partial charge on any atom is -0.479 e. The summed E-state index contributed by atoms with van der Waals surface area (Å²) in [5.74, 6) is -0.735. The zero-order valence-electron chi connectivity index (χ0n) is 8.54. The molecule has 1 aliphatic rings. The summed E-state index contributed by atoms with van der Waals surface area (Å²) in [6.45, 7) is 0. The van der Waals surface area contributed by atoms with Crippen molar-refractivity contribution >= 4 is 23.5 Å². The molecule has 2 aromatic rings. The van der Waals surface area contributed by atoms with Crippen LogP contribution in [0.15, 0.2) is 24.4 Å². The number of nitrogens with zero attached hydrogens (tertiary/aromatic N) is 2. The molecular weight excluding hydrogens is 224 g/mol. The molecule has 0 radical (unpaired) electrons. The number of amides is 2. The molecule has 3 heterocycles. The number of pyridine rings is 1. The zero-order chi connectivity index (χ0) is 12.0. The van der Waals surface area contributed by atoms with Gasteiger partial charge in [0.15, 0.2) is 6.04 Å². The number of carboxylic acids is 1. The van der Waals surface area contributed by atoms with Crippen molar-refractivity contribution in [1.82, 2.24) is 14.7 Å². The molecule has 0 fully saturated rings. The number of carbonyl (C=O) groups is 2. The van der Waals surface area contributed by atoms with Gasteiger partial charge in [-0.3, -0.25) is 9.72 Å². The summed E-state index contributed by atoms with van der Waals surface area (Å²) >= 11 is 0. The topological polar surface area (TPSA) is 95.7 Å². The fraction of sp³-hybridized carbons (Fsp3) is 0.100. The first-order valence-corrected chi connectivity index (χ1v) is 4.94. The fourth-order valence-corrected chi connectivity index (χ4v) is 1.86. The molecule has 2 amide bonds. The van der Waals surface area contributed by atoms with Crippen molar-refractivity contribution < 1.29 is 14.7 Å². The van der Waals surface area contributed by atoms with Gasteiger partial charge in [0.1, 0.15) is 17.2 Å². The van der Waals surface area contributed by atoms with E-state index in [0.717, 1.165) is 0 Å². The lowest BCUT2D eigenvalue weighted by Gasteiger charge is -2.20. The first kappa shape index (κ1) is 9.64. The SMILES string of the molecule is O=C1Nc2c(nc3ccccn23)C(C(=O)O)N1. The van der Waals surface area contributed by atoms with Crippen LogP contribution in [-0.2, 0) is 4.79 Å². The van der Waals surface area contributed by atoms with Crippen molar-refractivity contribution in [2.45, 2.75) is 6.04 Å². The quantitative estimate of drug-likeness (QED) is 0.670. The number of hydrogen-bond acceptors (Lipinski definition) is 3. The molecule has 0 saturated heterocycles. The summed E-state index contributed by atoms with van der Waals surface area (Å²) in [4.78, 5) is 26.6. The van der Waals surface area contributed by atoms with Crippen LogP contribution in [-0.4, -0.2) is 26.5 Å². The van der Waals surface area contributed by atoms with Crippen molar-refractivity contribution in [2.75, 3.05) is 5.32 Å². The third-order valence-corrected chi connectivity index (χ3v) is 2.58. The van der Waals surface area contributed by atoms with Crippen LogP contribution in [0, 0.1) is 0 Å². The van der Waals surface area contributed by atoms with Crippen molar-refractivity contribution in [1.29, 1.82) is 0 Å². The lowest BCUT2D eigenvalue weighted by molar-refractivity contribution is -0.139. The highest BCUT2D eigenvalue weighted by molar-refractivity contribution is 5.97. The van der Waals surface area contributed by atoms with E-state index in [1.165, 1.54) is 0 Å². The van der Waals surface area contributed by atoms with Crippen LogP contribution in [0.3, 0.4) is 0 Å². The molecule has 1 aliphatic heterocycles. The normalized spacial score (nSPS) is 18.4. The maximum absolute atomic E-state index is 11.4. The Balaban J connectivity index is 2.27. The molecule has 0 aliphatic carbocycles. The van der Waals surface area contributed by atoms with Gasteiger partial charge in [0.25, 0.3) is 0 Å². The van der Waals surface area contributed by atoms with E-state index in [-0.39, 0.29) is 0 Å². The minimum atomic E-state index is -1.13. The zero-order valence-corrected chi connectivity index (χ0v) is 8.54. The van der Waals surface area contributed by atoms with E-state index in [9.17, 15) is 9.59 Å². The van der Waals surface area contributed by atoms with Gasteiger partial charge >= 0.3 is 12.0 Å². The summed E-state index contributed by atoms with van der Waals surface area (Å²) in [7, 11) is 0. The summed E-state index contributed by atoms with van der Waals surface area (Å²) < 4.78 is 1.64. The molecule has 0 bridgehead atoms. The second-order valence-corrected chi connectivity index (χ2v) is 3.64. The fourth-order valence-electron chi connectivity index (χ4n) is 1.86. The Morgan fingerprint density at radius 3 is 3.06 bits per heavy atom. The molecule has 3 N–H and O–H groups in total. The van der Waals surface area contributed by atoms with Crippen LogP contribution in [0.25, 0.3) is 5.65 Å². The van der Waals surface area contributed by atoms with E-state index in [2.05, 4.69) is 15.6 Å². The highest BCUT2D eigenvalue weighted by Crippen LogP contribution is 2.27. The number of aromatic nitrogens is 2. The van der Waals surface area contributed by atoms with Crippen LogP contribution >= 0.6 is 0 Å². The van der Waals surface area contributed by atoms with Gasteiger partial charge in [-0.15, -0.1) is 0 Å². The Bertz CT molecular complexity index is 634. The second-order valence-electron chi connectivity index (χ2n) is 3.64. The molecule has 0 saturated carbocycles. The lowest BCUT2D eigenvalue weighted by atomic mass is 10.2. The van der Waals surface area contributed by atoms with Gasteiger partial charge < -0.3 is 10.4 Å². The van der Waals surface area contributed by atoms with Gasteiger partial charge in [-0.1, -0.05) is 6.07 Å².